The van der Waals surface area contributed by atoms with Crippen LogP contribution in [-0.4, -0.2) is 33.9 Å². The maximum absolute atomic E-state index is 12.7. The molecular formula is C18H23ClN4O. The molecule has 2 aromatic rings. The van der Waals surface area contributed by atoms with Gasteiger partial charge in [-0.15, -0.1) is 0 Å². The van der Waals surface area contributed by atoms with Gasteiger partial charge in [0.2, 0.25) is 0 Å². The molecule has 2 rings (SSSR count). The molecule has 1 atom stereocenters. The van der Waals surface area contributed by atoms with Crippen LogP contribution >= 0.6 is 11.6 Å². The van der Waals surface area contributed by atoms with Gasteiger partial charge in [-0.1, -0.05) is 25.4 Å². The smallest absolute Gasteiger partial charge is 0.255 e. The Kier molecular flexibility index (Phi) is 6.15. The van der Waals surface area contributed by atoms with Crippen molar-refractivity contribution in [3.8, 4) is 0 Å². The second kappa shape index (κ2) is 8.11. The molecule has 1 aromatic carbocycles. The number of amides is 1. The number of halogens is 1. The van der Waals surface area contributed by atoms with E-state index in [9.17, 15) is 4.79 Å². The molecular weight excluding hydrogens is 324 g/mol. The van der Waals surface area contributed by atoms with Crippen LogP contribution in [0.3, 0.4) is 0 Å². The largest absolute Gasteiger partial charge is 0.382 e. The van der Waals surface area contributed by atoms with Crippen LogP contribution in [0.5, 0.6) is 0 Å². The Morgan fingerprint density at radius 3 is 2.67 bits per heavy atom. The molecule has 0 unspecified atom stereocenters. The monoisotopic (exact) mass is 346 g/mol. The number of aromatic nitrogens is 2. The van der Waals surface area contributed by atoms with Crippen molar-refractivity contribution in [3.63, 3.8) is 0 Å². The molecule has 5 nitrogen and oxygen atoms in total. The molecule has 24 heavy (non-hydrogen) atoms. The number of carbonyl (C=O) groups excluding carboxylic acids is 1. The van der Waals surface area contributed by atoms with Crippen LogP contribution in [0.15, 0.2) is 36.8 Å². The van der Waals surface area contributed by atoms with Crippen LogP contribution in [0, 0.1) is 5.92 Å². The third kappa shape index (κ3) is 4.68. The number of carbonyl (C=O) groups is 1. The summed E-state index contributed by atoms with van der Waals surface area (Å²) in [5.41, 5.74) is 2.09. The molecule has 0 bridgehead atoms. The van der Waals surface area contributed by atoms with E-state index in [-0.39, 0.29) is 5.91 Å². The average molecular weight is 347 g/mol. The van der Waals surface area contributed by atoms with Gasteiger partial charge in [-0.25, -0.2) is 0 Å². The van der Waals surface area contributed by atoms with Gasteiger partial charge in [0, 0.05) is 31.2 Å². The van der Waals surface area contributed by atoms with E-state index in [0.29, 0.717) is 29.1 Å². The van der Waals surface area contributed by atoms with Gasteiger partial charge in [0.15, 0.2) is 0 Å². The first-order valence-corrected chi connectivity index (χ1v) is 8.32. The standard InChI is InChI=1S/C18H23ClN4O/c1-12(2)13(3)22-14-5-6-17(19)16(9-14)18(24)23(4)11-15-10-20-7-8-21-15/h5-10,12-13,22H,11H2,1-4H3/t13-/m1/s1. The highest BCUT2D eigenvalue weighted by Crippen LogP contribution is 2.23. The lowest BCUT2D eigenvalue weighted by atomic mass is 10.1. The van der Waals surface area contributed by atoms with Crippen LogP contribution in [0.2, 0.25) is 5.02 Å². The molecule has 0 aliphatic heterocycles. The van der Waals surface area contributed by atoms with Crippen molar-refractivity contribution in [1.29, 1.82) is 0 Å². The number of benzene rings is 1. The minimum absolute atomic E-state index is 0.147. The third-order valence-corrected chi connectivity index (χ3v) is 4.28. The Bertz CT molecular complexity index is 691. The van der Waals surface area contributed by atoms with Crippen molar-refractivity contribution in [2.45, 2.75) is 33.4 Å². The first kappa shape index (κ1) is 18.2. The van der Waals surface area contributed by atoms with Crippen LogP contribution in [-0.2, 0) is 6.54 Å². The highest BCUT2D eigenvalue weighted by molar-refractivity contribution is 6.34. The quantitative estimate of drug-likeness (QED) is 0.862. The van der Waals surface area contributed by atoms with Crippen molar-refractivity contribution in [3.05, 3.63) is 53.1 Å². The summed E-state index contributed by atoms with van der Waals surface area (Å²) in [5, 5.41) is 3.84. The van der Waals surface area contributed by atoms with Crippen LogP contribution < -0.4 is 5.32 Å². The fourth-order valence-electron chi connectivity index (χ4n) is 2.14. The van der Waals surface area contributed by atoms with Crippen LogP contribution in [0.25, 0.3) is 0 Å². The molecule has 0 aliphatic rings. The third-order valence-electron chi connectivity index (χ3n) is 3.95. The fourth-order valence-corrected chi connectivity index (χ4v) is 2.34. The number of hydrogen-bond acceptors (Lipinski definition) is 4. The second-order valence-electron chi connectivity index (χ2n) is 6.23. The first-order valence-electron chi connectivity index (χ1n) is 7.95. The minimum Gasteiger partial charge on any atom is -0.382 e. The Labute approximate surface area is 148 Å². The van der Waals surface area contributed by atoms with E-state index in [1.807, 2.05) is 6.07 Å². The van der Waals surface area contributed by atoms with Crippen LogP contribution in [0.4, 0.5) is 5.69 Å². The van der Waals surface area contributed by atoms with Gasteiger partial charge < -0.3 is 10.2 Å². The van der Waals surface area contributed by atoms with E-state index in [2.05, 4.69) is 36.1 Å². The van der Waals surface area contributed by atoms with Gasteiger partial charge in [0.05, 0.1) is 29.0 Å². The lowest BCUT2D eigenvalue weighted by Gasteiger charge is -2.21. The summed E-state index contributed by atoms with van der Waals surface area (Å²) in [6.45, 7) is 6.78. The van der Waals surface area contributed by atoms with E-state index in [4.69, 9.17) is 11.6 Å². The minimum atomic E-state index is -0.147. The zero-order valence-electron chi connectivity index (χ0n) is 14.5. The number of nitrogens with one attached hydrogen (secondary N) is 1. The van der Waals surface area contributed by atoms with Crippen molar-refractivity contribution in [1.82, 2.24) is 14.9 Å². The summed E-state index contributed by atoms with van der Waals surface area (Å²) >= 11 is 6.23. The van der Waals surface area contributed by atoms with E-state index >= 15 is 0 Å². The number of nitrogens with zero attached hydrogens (tertiary/aromatic N) is 3. The van der Waals surface area contributed by atoms with Gasteiger partial charge in [-0.3, -0.25) is 14.8 Å². The highest BCUT2D eigenvalue weighted by atomic mass is 35.5. The summed E-state index contributed by atoms with van der Waals surface area (Å²) in [4.78, 5) is 22.5. The molecule has 1 aromatic heterocycles. The summed E-state index contributed by atoms with van der Waals surface area (Å²) in [6.07, 6.45) is 4.86. The molecule has 1 heterocycles. The van der Waals surface area contributed by atoms with Crippen molar-refractivity contribution in [2.24, 2.45) is 5.92 Å². The molecule has 1 N–H and O–H groups in total. The molecule has 0 saturated heterocycles. The lowest BCUT2D eigenvalue weighted by molar-refractivity contribution is 0.0783. The number of hydrogen-bond donors (Lipinski definition) is 1. The van der Waals surface area contributed by atoms with Crippen molar-refractivity contribution < 1.29 is 4.79 Å². The van der Waals surface area contributed by atoms with Crippen LogP contribution in [0.1, 0.15) is 36.8 Å². The molecule has 0 saturated carbocycles. The summed E-state index contributed by atoms with van der Waals surface area (Å²) in [7, 11) is 1.73. The van der Waals surface area contributed by atoms with Gasteiger partial charge in [0.25, 0.3) is 5.91 Å². The number of anilines is 1. The van der Waals surface area contributed by atoms with Gasteiger partial charge >= 0.3 is 0 Å². The zero-order chi connectivity index (χ0) is 17.7. The summed E-state index contributed by atoms with van der Waals surface area (Å²) in [6, 6.07) is 5.74. The van der Waals surface area contributed by atoms with E-state index in [1.165, 1.54) is 0 Å². The molecule has 6 heteroatoms. The average Bonchev–Trinajstić information content (AvgIpc) is 2.56. The Hall–Kier alpha value is -2.14. The van der Waals surface area contributed by atoms with Gasteiger partial charge in [-0.2, -0.15) is 0 Å². The van der Waals surface area contributed by atoms with Crippen molar-refractivity contribution >= 4 is 23.2 Å². The lowest BCUT2D eigenvalue weighted by Crippen LogP contribution is -2.27. The maximum Gasteiger partial charge on any atom is 0.255 e. The Morgan fingerprint density at radius 1 is 1.29 bits per heavy atom. The first-order chi connectivity index (χ1) is 11.4. The number of rotatable bonds is 6. The maximum atomic E-state index is 12.7. The normalized spacial score (nSPS) is 12.1. The predicted octanol–water partition coefficient (Wildman–Crippen LogP) is 3.86. The Morgan fingerprint density at radius 2 is 2.04 bits per heavy atom. The van der Waals surface area contributed by atoms with Gasteiger partial charge in [-0.05, 0) is 31.0 Å². The second-order valence-corrected chi connectivity index (χ2v) is 6.64. The summed E-state index contributed by atoms with van der Waals surface area (Å²) < 4.78 is 0. The van der Waals surface area contributed by atoms with Gasteiger partial charge in [0.1, 0.15) is 0 Å². The van der Waals surface area contributed by atoms with Crippen molar-refractivity contribution in [2.75, 3.05) is 12.4 Å². The molecule has 0 spiro atoms. The molecule has 0 fully saturated rings. The highest BCUT2D eigenvalue weighted by Gasteiger charge is 2.17. The van der Waals surface area contributed by atoms with E-state index in [1.54, 1.807) is 42.7 Å². The topological polar surface area (TPSA) is 58.1 Å². The predicted molar refractivity (Wildman–Crippen MR) is 97.2 cm³/mol. The molecule has 0 radical (unpaired) electrons. The molecule has 1 amide bonds. The SMILES string of the molecule is CC(C)[C@@H](C)Nc1ccc(Cl)c(C(=O)N(C)Cc2cnccn2)c1. The zero-order valence-corrected chi connectivity index (χ0v) is 15.2. The Balaban J connectivity index is 2.15. The summed E-state index contributed by atoms with van der Waals surface area (Å²) in [5.74, 6) is 0.339. The molecule has 0 aliphatic carbocycles. The van der Waals surface area contributed by atoms with E-state index in [0.717, 1.165) is 11.4 Å². The van der Waals surface area contributed by atoms with E-state index < -0.39 is 0 Å². The molecule has 128 valence electrons. The fraction of sp³-hybridized carbons (Fsp3) is 0.389.